The third-order valence-corrected chi connectivity index (χ3v) is 4.78. The number of pyridine rings is 1. The average molecular weight is 434 g/mol. The molecular formula is C19H17F3N6O3. The molecule has 0 spiro atoms. The van der Waals surface area contributed by atoms with Crippen LogP contribution < -0.4 is 4.90 Å². The van der Waals surface area contributed by atoms with Crippen molar-refractivity contribution in [3.63, 3.8) is 0 Å². The Labute approximate surface area is 174 Å². The minimum atomic E-state index is -3.06. The predicted octanol–water partition coefficient (Wildman–Crippen LogP) is 2.51. The summed E-state index contributed by atoms with van der Waals surface area (Å²) in [6, 6.07) is 7.27. The number of aliphatic hydroxyl groups is 1. The first kappa shape index (κ1) is 20.7. The number of anilines is 1. The maximum atomic E-state index is 14.8. The largest absolute Gasteiger partial charge is 0.441 e. The molecule has 1 saturated heterocycles. The van der Waals surface area contributed by atoms with E-state index in [0.717, 1.165) is 11.0 Å². The van der Waals surface area contributed by atoms with E-state index < -0.39 is 30.5 Å². The third kappa shape index (κ3) is 4.06. The normalized spacial score (nSPS) is 17.3. The van der Waals surface area contributed by atoms with Crippen LogP contribution >= 0.6 is 0 Å². The van der Waals surface area contributed by atoms with E-state index in [0.29, 0.717) is 23.6 Å². The highest BCUT2D eigenvalue weighted by molar-refractivity contribution is 5.90. The summed E-state index contributed by atoms with van der Waals surface area (Å²) in [4.78, 5) is 18.6. The number of carbonyl (C=O) groups excluding carboxylic acids is 1. The molecule has 1 amide bonds. The lowest BCUT2D eigenvalue weighted by Crippen LogP contribution is -2.36. The number of aliphatic hydroxyl groups excluding tert-OH is 1. The van der Waals surface area contributed by atoms with Crippen molar-refractivity contribution in [3.8, 4) is 22.6 Å². The number of carbonyl (C=O) groups is 1. The topological polar surface area (TPSA) is 106 Å². The quantitative estimate of drug-likeness (QED) is 0.635. The van der Waals surface area contributed by atoms with E-state index in [9.17, 15) is 23.1 Å². The molecule has 1 aliphatic rings. The molecular weight excluding hydrogens is 417 g/mol. The molecule has 3 aromatic rings. The van der Waals surface area contributed by atoms with E-state index in [-0.39, 0.29) is 17.8 Å². The van der Waals surface area contributed by atoms with Crippen LogP contribution in [0.15, 0.2) is 36.5 Å². The first-order chi connectivity index (χ1) is 14.9. The van der Waals surface area contributed by atoms with Gasteiger partial charge >= 0.3 is 6.09 Å². The molecule has 1 N–H and O–H groups in total. The molecule has 31 heavy (non-hydrogen) atoms. The minimum absolute atomic E-state index is 0.125. The van der Waals surface area contributed by atoms with Crippen molar-refractivity contribution in [3.05, 3.63) is 42.3 Å². The zero-order valence-electron chi connectivity index (χ0n) is 16.2. The molecule has 3 heterocycles. The number of aryl methyl sites for hydroxylation is 1. The molecule has 4 rings (SSSR count). The zero-order chi connectivity index (χ0) is 22.1. The lowest BCUT2D eigenvalue weighted by molar-refractivity contribution is -0.0641. The van der Waals surface area contributed by atoms with Gasteiger partial charge < -0.3 is 9.84 Å². The lowest BCUT2D eigenvalue weighted by atomic mass is 10.1. The molecule has 12 heteroatoms. The summed E-state index contributed by atoms with van der Waals surface area (Å²) in [5.41, 5.74) is 1.31. The Bertz CT molecular complexity index is 1090. The molecule has 0 unspecified atom stereocenters. The highest BCUT2D eigenvalue weighted by Gasteiger charge is 2.40. The molecule has 2 atom stereocenters. The van der Waals surface area contributed by atoms with Gasteiger partial charge in [-0.25, -0.2) is 18.0 Å². The fraction of sp³-hybridized carbons (Fsp3) is 0.316. The number of tetrazole rings is 1. The number of amides is 1. The number of benzene rings is 1. The van der Waals surface area contributed by atoms with Crippen LogP contribution in [0.25, 0.3) is 22.6 Å². The van der Waals surface area contributed by atoms with E-state index in [1.165, 1.54) is 23.1 Å². The van der Waals surface area contributed by atoms with Crippen LogP contribution in [0.1, 0.15) is 6.92 Å². The number of aromatic nitrogens is 5. The summed E-state index contributed by atoms with van der Waals surface area (Å²) in [6.45, 7) is 2.12. The van der Waals surface area contributed by atoms with Gasteiger partial charge in [-0.1, -0.05) is 6.07 Å². The Morgan fingerprint density at radius 1 is 1.29 bits per heavy atom. The van der Waals surface area contributed by atoms with Gasteiger partial charge in [-0.3, -0.25) is 9.88 Å². The Morgan fingerprint density at radius 2 is 2.10 bits per heavy atom. The molecule has 162 valence electrons. The average Bonchev–Trinajstić information content (AvgIpc) is 3.40. The monoisotopic (exact) mass is 434 g/mol. The number of halogens is 3. The number of cyclic esters (lactones) is 1. The Hall–Kier alpha value is -3.54. The molecule has 0 saturated carbocycles. The van der Waals surface area contributed by atoms with E-state index in [4.69, 9.17) is 4.74 Å². The van der Waals surface area contributed by atoms with Crippen molar-refractivity contribution >= 4 is 11.8 Å². The van der Waals surface area contributed by atoms with Gasteiger partial charge in [0.1, 0.15) is 11.5 Å². The lowest BCUT2D eigenvalue weighted by Gasteiger charge is -2.16. The fourth-order valence-electron chi connectivity index (χ4n) is 3.11. The number of rotatable bonds is 6. The predicted molar refractivity (Wildman–Crippen MR) is 102 cm³/mol. The van der Waals surface area contributed by atoms with Crippen LogP contribution in [0.5, 0.6) is 0 Å². The Kier molecular flexibility index (Phi) is 5.55. The first-order valence-electron chi connectivity index (χ1n) is 9.36. The van der Waals surface area contributed by atoms with E-state index in [1.807, 2.05) is 6.92 Å². The molecule has 0 bridgehead atoms. The van der Waals surface area contributed by atoms with Gasteiger partial charge in [0, 0.05) is 17.3 Å². The SMILES string of the molecule is CCn1nnc(-c2ccc(-c3ccc(N4C[C@H]([C@@H](O)C(F)F)OC4=O)cc3F)cn2)n1. The minimum Gasteiger partial charge on any atom is -0.441 e. The van der Waals surface area contributed by atoms with Crippen LogP contribution in [-0.2, 0) is 11.3 Å². The van der Waals surface area contributed by atoms with Gasteiger partial charge in [0.25, 0.3) is 6.43 Å². The van der Waals surface area contributed by atoms with Gasteiger partial charge in [0.15, 0.2) is 12.2 Å². The maximum absolute atomic E-state index is 14.8. The number of hydrogen-bond acceptors (Lipinski definition) is 7. The van der Waals surface area contributed by atoms with Crippen LogP contribution in [0.2, 0.25) is 0 Å². The van der Waals surface area contributed by atoms with Gasteiger partial charge in [0.05, 0.1) is 18.8 Å². The highest BCUT2D eigenvalue weighted by atomic mass is 19.3. The van der Waals surface area contributed by atoms with Crippen LogP contribution in [0.4, 0.5) is 23.7 Å². The van der Waals surface area contributed by atoms with Crippen molar-refractivity contribution in [2.45, 2.75) is 32.1 Å². The zero-order valence-corrected chi connectivity index (χ0v) is 16.2. The number of alkyl halides is 2. The maximum Gasteiger partial charge on any atom is 0.414 e. The van der Waals surface area contributed by atoms with Gasteiger partial charge in [-0.2, -0.15) is 4.80 Å². The fourth-order valence-corrected chi connectivity index (χ4v) is 3.11. The molecule has 1 aromatic carbocycles. The Balaban J connectivity index is 1.53. The standard InChI is InChI=1S/C19H17F3N6O3/c1-2-28-25-18(24-26-28)14-6-3-10(8-23-14)12-5-4-11(7-13(12)20)27-9-15(31-19(27)30)16(29)17(21)22/h3-8,15-17,29H,2,9H2,1H3/t15-,16-/m1/s1. The second kappa shape index (κ2) is 8.30. The number of ether oxygens (including phenoxy) is 1. The molecule has 0 radical (unpaired) electrons. The second-order valence-electron chi connectivity index (χ2n) is 6.76. The number of nitrogens with zero attached hydrogens (tertiary/aromatic N) is 6. The highest BCUT2D eigenvalue weighted by Crippen LogP contribution is 2.30. The molecule has 1 aliphatic heterocycles. The third-order valence-electron chi connectivity index (χ3n) is 4.78. The molecule has 9 nitrogen and oxygen atoms in total. The summed E-state index contributed by atoms with van der Waals surface area (Å²) in [6.07, 6.45) is -6.05. The van der Waals surface area contributed by atoms with Crippen molar-refractivity contribution in [2.75, 3.05) is 11.4 Å². The van der Waals surface area contributed by atoms with Gasteiger partial charge in [-0.05, 0) is 36.4 Å². The van der Waals surface area contributed by atoms with Gasteiger partial charge in [-0.15, -0.1) is 10.2 Å². The van der Waals surface area contributed by atoms with Crippen molar-refractivity contribution in [1.29, 1.82) is 0 Å². The van der Waals surface area contributed by atoms with Crippen LogP contribution in [0, 0.1) is 5.82 Å². The molecule has 2 aromatic heterocycles. The van der Waals surface area contributed by atoms with E-state index >= 15 is 0 Å². The molecule has 0 aliphatic carbocycles. The van der Waals surface area contributed by atoms with Gasteiger partial charge in [0.2, 0.25) is 5.82 Å². The van der Waals surface area contributed by atoms with Crippen LogP contribution in [0.3, 0.4) is 0 Å². The summed E-state index contributed by atoms with van der Waals surface area (Å²) in [5.74, 6) is -0.301. The van der Waals surface area contributed by atoms with Crippen molar-refractivity contribution in [2.24, 2.45) is 0 Å². The number of hydrogen-bond donors (Lipinski definition) is 1. The Morgan fingerprint density at radius 3 is 2.71 bits per heavy atom. The molecule has 1 fully saturated rings. The summed E-state index contributed by atoms with van der Waals surface area (Å²) in [7, 11) is 0. The van der Waals surface area contributed by atoms with Crippen molar-refractivity contribution < 1.29 is 27.8 Å². The van der Waals surface area contributed by atoms with E-state index in [1.54, 1.807) is 12.1 Å². The van der Waals surface area contributed by atoms with Crippen molar-refractivity contribution in [1.82, 2.24) is 25.2 Å². The van der Waals surface area contributed by atoms with E-state index in [2.05, 4.69) is 20.4 Å². The first-order valence-corrected chi connectivity index (χ1v) is 9.36. The summed E-state index contributed by atoms with van der Waals surface area (Å²) in [5, 5.41) is 21.3. The smallest absolute Gasteiger partial charge is 0.414 e. The summed E-state index contributed by atoms with van der Waals surface area (Å²) >= 11 is 0. The van der Waals surface area contributed by atoms with Crippen LogP contribution in [-0.4, -0.2) is 61.6 Å². The summed E-state index contributed by atoms with van der Waals surface area (Å²) < 4.78 is 44.9. The second-order valence-corrected chi connectivity index (χ2v) is 6.76.